The van der Waals surface area contributed by atoms with Gasteiger partial charge in [0, 0.05) is 19.9 Å². The van der Waals surface area contributed by atoms with Crippen molar-refractivity contribution in [2.75, 3.05) is 25.6 Å². The molecule has 4 heterocycles. The number of pyridine rings is 1. The van der Waals surface area contributed by atoms with Crippen molar-refractivity contribution in [2.45, 2.75) is 25.9 Å². The number of nitrogens with one attached hydrogen (secondary N) is 1. The van der Waals surface area contributed by atoms with Crippen LogP contribution >= 0.6 is 11.3 Å². The second-order valence-corrected chi connectivity index (χ2v) is 7.57. The first kappa shape index (κ1) is 17.8. The van der Waals surface area contributed by atoms with Crippen LogP contribution in [-0.4, -0.2) is 52.1 Å². The number of likely N-dealkylation sites (N-methyl/N-ethyl adjacent to an activating group) is 1. The van der Waals surface area contributed by atoms with Crippen LogP contribution in [0.2, 0.25) is 0 Å². The molecule has 1 amide bonds. The summed E-state index contributed by atoms with van der Waals surface area (Å²) in [5, 5.41) is 4.23. The van der Waals surface area contributed by atoms with Crippen molar-refractivity contribution in [3.63, 3.8) is 0 Å². The highest BCUT2D eigenvalue weighted by Crippen LogP contribution is 2.34. The average molecular weight is 383 g/mol. The largest absolute Gasteiger partial charge is 0.379 e. The molecular weight excluding hydrogens is 362 g/mol. The Bertz CT molecular complexity index is 953. The van der Waals surface area contributed by atoms with Gasteiger partial charge in [0.2, 0.25) is 0 Å². The van der Waals surface area contributed by atoms with Crippen molar-refractivity contribution in [2.24, 2.45) is 0 Å². The Balaban J connectivity index is 1.62. The normalized spacial score (nSPS) is 16.6. The fourth-order valence-electron chi connectivity index (χ4n) is 3.24. The smallest absolute Gasteiger partial charge is 0.264 e. The average Bonchev–Trinajstić information content (AvgIpc) is 3.35. The van der Waals surface area contributed by atoms with Gasteiger partial charge in [0.15, 0.2) is 0 Å². The number of hydrogen-bond acceptors (Lipinski definition) is 7. The summed E-state index contributed by atoms with van der Waals surface area (Å²) >= 11 is 1.42. The summed E-state index contributed by atoms with van der Waals surface area (Å²) in [6, 6.07) is 5.93. The van der Waals surface area contributed by atoms with Crippen molar-refractivity contribution in [1.82, 2.24) is 19.9 Å². The van der Waals surface area contributed by atoms with E-state index in [1.165, 1.54) is 17.7 Å². The van der Waals surface area contributed by atoms with Crippen LogP contribution in [0.5, 0.6) is 0 Å². The summed E-state index contributed by atoms with van der Waals surface area (Å²) in [7, 11) is 1.84. The lowest BCUT2D eigenvalue weighted by molar-refractivity contribution is 0.0715. The Morgan fingerprint density at radius 3 is 3.00 bits per heavy atom. The number of nitrogens with zero attached hydrogens (tertiary/aromatic N) is 4. The summed E-state index contributed by atoms with van der Waals surface area (Å²) in [5.74, 6) is 0.743. The zero-order valence-corrected chi connectivity index (χ0v) is 16.1. The highest BCUT2D eigenvalue weighted by molar-refractivity contribution is 7.20. The van der Waals surface area contributed by atoms with Gasteiger partial charge in [-0.25, -0.2) is 9.97 Å². The fourth-order valence-corrected chi connectivity index (χ4v) is 4.37. The lowest BCUT2D eigenvalue weighted by Gasteiger charge is -2.22. The quantitative estimate of drug-likeness (QED) is 0.730. The molecule has 1 aliphatic rings. The number of aromatic nitrogens is 3. The van der Waals surface area contributed by atoms with E-state index in [-0.39, 0.29) is 11.9 Å². The molecule has 4 rings (SSSR count). The lowest BCUT2D eigenvalue weighted by atomic mass is 10.1. The number of anilines is 1. The van der Waals surface area contributed by atoms with E-state index in [0.29, 0.717) is 24.6 Å². The Hall–Kier alpha value is -2.58. The molecule has 0 aliphatic carbocycles. The Morgan fingerprint density at radius 1 is 1.37 bits per heavy atom. The lowest BCUT2D eigenvalue weighted by Crippen LogP contribution is -2.37. The van der Waals surface area contributed by atoms with Gasteiger partial charge in [0.25, 0.3) is 5.91 Å². The van der Waals surface area contributed by atoms with Crippen molar-refractivity contribution >= 4 is 33.3 Å². The molecule has 0 spiro atoms. The first-order valence-corrected chi connectivity index (χ1v) is 9.69. The first-order chi connectivity index (χ1) is 13.1. The molecule has 0 bridgehead atoms. The number of amides is 1. The number of carbonyl (C=O) groups excluding carboxylic acids is 1. The molecule has 3 aromatic rings. The van der Waals surface area contributed by atoms with Crippen LogP contribution in [0.15, 0.2) is 30.7 Å². The van der Waals surface area contributed by atoms with Gasteiger partial charge in [-0.15, -0.1) is 11.3 Å². The highest BCUT2D eigenvalue weighted by Gasteiger charge is 2.28. The third-order valence-corrected chi connectivity index (χ3v) is 6.05. The van der Waals surface area contributed by atoms with Crippen LogP contribution in [0.3, 0.4) is 0 Å². The van der Waals surface area contributed by atoms with Gasteiger partial charge in [0.05, 0.1) is 35.2 Å². The summed E-state index contributed by atoms with van der Waals surface area (Å²) < 4.78 is 5.42. The molecule has 1 fully saturated rings. The molecule has 0 saturated carbocycles. The van der Waals surface area contributed by atoms with E-state index in [2.05, 4.69) is 20.3 Å². The van der Waals surface area contributed by atoms with Gasteiger partial charge in [-0.2, -0.15) is 0 Å². The van der Waals surface area contributed by atoms with Gasteiger partial charge < -0.3 is 15.0 Å². The molecule has 8 heteroatoms. The zero-order chi connectivity index (χ0) is 18.8. The molecule has 0 radical (unpaired) electrons. The minimum absolute atomic E-state index is 0.0154. The van der Waals surface area contributed by atoms with E-state index in [4.69, 9.17) is 4.74 Å². The van der Waals surface area contributed by atoms with E-state index in [1.807, 2.05) is 32.2 Å². The molecule has 1 N–H and O–H groups in total. The van der Waals surface area contributed by atoms with Gasteiger partial charge in [-0.3, -0.25) is 9.78 Å². The predicted octanol–water partition coefficient (Wildman–Crippen LogP) is 2.87. The maximum absolute atomic E-state index is 13.0. The van der Waals surface area contributed by atoms with Crippen LogP contribution in [-0.2, 0) is 11.3 Å². The Kier molecular flexibility index (Phi) is 5.00. The standard InChI is InChI=1S/C19H21N5O2S/c1-12-15-17(21-9-13-5-3-4-7-20-13)22-11-23-18(15)27-16(12)19(25)24(2)14-6-8-26-10-14/h3-5,7,11,14H,6,8-10H2,1-2H3,(H,21,22,23)/t14-/m1/s1. The van der Waals surface area contributed by atoms with Crippen LogP contribution in [0.25, 0.3) is 10.2 Å². The summed E-state index contributed by atoms with van der Waals surface area (Å²) in [4.78, 5) is 29.4. The molecular formula is C19H21N5O2S. The molecule has 0 aromatic carbocycles. The third-order valence-electron chi connectivity index (χ3n) is 4.86. The number of carbonyl (C=O) groups is 1. The number of thiophene rings is 1. The van der Waals surface area contributed by atoms with Crippen molar-refractivity contribution in [3.8, 4) is 0 Å². The second-order valence-electron chi connectivity index (χ2n) is 6.57. The van der Waals surface area contributed by atoms with E-state index in [1.54, 1.807) is 11.1 Å². The predicted molar refractivity (Wildman–Crippen MR) is 105 cm³/mol. The van der Waals surface area contributed by atoms with E-state index in [9.17, 15) is 4.79 Å². The van der Waals surface area contributed by atoms with Crippen molar-refractivity contribution < 1.29 is 9.53 Å². The second kappa shape index (κ2) is 7.58. The van der Waals surface area contributed by atoms with Crippen molar-refractivity contribution in [3.05, 3.63) is 46.9 Å². The maximum Gasteiger partial charge on any atom is 0.264 e. The molecule has 7 nitrogen and oxygen atoms in total. The van der Waals surface area contributed by atoms with Crippen molar-refractivity contribution in [1.29, 1.82) is 0 Å². The number of rotatable bonds is 5. The van der Waals surface area contributed by atoms with Gasteiger partial charge in [0.1, 0.15) is 17.0 Å². The molecule has 1 atom stereocenters. The van der Waals surface area contributed by atoms with E-state index in [0.717, 1.165) is 33.7 Å². The summed E-state index contributed by atoms with van der Waals surface area (Å²) in [6.45, 7) is 3.83. The third kappa shape index (κ3) is 3.50. The minimum atomic E-state index is 0.0154. The molecule has 3 aromatic heterocycles. The molecule has 27 heavy (non-hydrogen) atoms. The number of hydrogen-bond donors (Lipinski definition) is 1. The Labute approximate surface area is 161 Å². The molecule has 1 saturated heterocycles. The summed E-state index contributed by atoms with van der Waals surface area (Å²) in [6.07, 6.45) is 4.17. The van der Waals surface area contributed by atoms with Crippen LogP contribution in [0.1, 0.15) is 27.3 Å². The maximum atomic E-state index is 13.0. The van der Waals surface area contributed by atoms with Crippen LogP contribution in [0, 0.1) is 6.92 Å². The van der Waals surface area contributed by atoms with Gasteiger partial charge in [-0.05, 0) is 31.0 Å². The molecule has 1 aliphatic heterocycles. The van der Waals surface area contributed by atoms with Crippen LogP contribution < -0.4 is 5.32 Å². The number of fused-ring (bicyclic) bond motifs is 1. The molecule has 0 unspecified atom stereocenters. The van der Waals surface area contributed by atoms with Gasteiger partial charge in [-0.1, -0.05) is 6.07 Å². The monoisotopic (exact) mass is 383 g/mol. The SMILES string of the molecule is Cc1c(C(=O)N(C)[C@@H]2CCOC2)sc2ncnc(NCc3ccccn3)c12. The van der Waals surface area contributed by atoms with E-state index < -0.39 is 0 Å². The minimum Gasteiger partial charge on any atom is -0.379 e. The fraction of sp³-hybridized carbons (Fsp3) is 0.368. The Morgan fingerprint density at radius 2 is 2.26 bits per heavy atom. The van der Waals surface area contributed by atoms with E-state index >= 15 is 0 Å². The van der Waals surface area contributed by atoms with Crippen LogP contribution in [0.4, 0.5) is 5.82 Å². The topological polar surface area (TPSA) is 80.2 Å². The number of ether oxygens (including phenoxy) is 1. The first-order valence-electron chi connectivity index (χ1n) is 8.88. The number of aryl methyl sites for hydroxylation is 1. The summed E-state index contributed by atoms with van der Waals surface area (Å²) in [5.41, 5.74) is 1.84. The molecule has 140 valence electrons. The van der Waals surface area contributed by atoms with Gasteiger partial charge >= 0.3 is 0 Å². The highest BCUT2D eigenvalue weighted by atomic mass is 32.1. The zero-order valence-electron chi connectivity index (χ0n) is 15.3.